The first-order chi connectivity index (χ1) is 7.65. The van der Waals surface area contributed by atoms with Gasteiger partial charge >= 0.3 is 5.97 Å². The molecule has 0 aromatic heterocycles. The first-order valence-electron chi connectivity index (χ1n) is 5.22. The molecule has 0 aliphatic heterocycles. The fourth-order valence-electron chi connectivity index (χ4n) is 1.16. The Morgan fingerprint density at radius 1 is 1.38 bits per heavy atom. The summed E-state index contributed by atoms with van der Waals surface area (Å²) in [6, 6.07) is 9.30. The average molecular weight is 220 g/mol. The van der Waals surface area contributed by atoms with Gasteiger partial charge < -0.3 is 9.47 Å². The minimum Gasteiger partial charge on any atom is -0.486 e. The minimum absolute atomic E-state index is 0.325. The summed E-state index contributed by atoms with van der Waals surface area (Å²) in [6.07, 6.45) is -0.388. The van der Waals surface area contributed by atoms with Crippen LogP contribution in [-0.2, 0) is 9.53 Å². The third kappa shape index (κ3) is 3.42. The van der Waals surface area contributed by atoms with Gasteiger partial charge in [0, 0.05) is 0 Å². The van der Waals surface area contributed by atoms with Crippen molar-refractivity contribution in [3.05, 3.63) is 42.5 Å². The van der Waals surface area contributed by atoms with Crippen LogP contribution in [0.3, 0.4) is 0 Å². The van der Waals surface area contributed by atoms with E-state index in [-0.39, 0.29) is 6.10 Å². The summed E-state index contributed by atoms with van der Waals surface area (Å²) in [7, 11) is 0. The Kier molecular flexibility index (Phi) is 4.58. The summed E-state index contributed by atoms with van der Waals surface area (Å²) in [5, 5.41) is 0. The highest BCUT2D eigenvalue weighted by molar-refractivity contribution is 5.88. The molecule has 0 aliphatic carbocycles. The van der Waals surface area contributed by atoms with Gasteiger partial charge in [0.15, 0.2) is 0 Å². The van der Waals surface area contributed by atoms with Crippen molar-refractivity contribution in [1.29, 1.82) is 0 Å². The van der Waals surface area contributed by atoms with Crippen molar-refractivity contribution >= 4 is 5.97 Å². The van der Waals surface area contributed by atoms with Gasteiger partial charge in [-0.15, -0.1) is 0 Å². The Hall–Kier alpha value is -1.77. The van der Waals surface area contributed by atoms with Crippen LogP contribution < -0.4 is 4.74 Å². The zero-order valence-electron chi connectivity index (χ0n) is 9.60. The van der Waals surface area contributed by atoms with Crippen molar-refractivity contribution in [3.63, 3.8) is 0 Å². The van der Waals surface area contributed by atoms with Crippen LogP contribution in [0.5, 0.6) is 5.75 Å². The van der Waals surface area contributed by atoms with Gasteiger partial charge in [-0.2, -0.15) is 0 Å². The number of ether oxygens (including phenoxy) is 2. The smallest absolute Gasteiger partial charge is 0.337 e. The summed E-state index contributed by atoms with van der Waals surface area (Å²) in [5.41, 5.74) is 0.325. The van der Waals surface area contributed by atoms with E-state index in [4.69, 9.17) is 9.47 Å². The lowest BCUT2D eigenvalue weighted by Crippen LogP contribution is -2.22. The molecule has 16 heavy (non-hydrogen) atoms. The van der Waals surface area contributed by atoms with E-state index in [1.807, 2.05) is 30.3 Å². The number of esters is 1. The van der Waals surface area contributed by atoms with Crippen molar-refractivity contribution in [2.45, 2.75) is 20.0 Å². The molecule has 0 saturated carbocycles. The summed E-state index contributed by atoms with van der Waals surface area (Å²) in [5.74, 6) is 0.298. The van der Waals surface area contributed by atoms with E-state index in [1.165, 1.54) is 0 Å². The monoisotopic (exact) mass is 220 g/mol. The lowest BCUT2D eigenvalue weighted by Gasteiger charge is -2.15. The lowest BCUT2D eigenvalue weighted by molar-refractivity contribution is -0.139. The summed E-state index contributed by atoms with van der Waals surface area (Å²) in [4.78, 5) is 11.4. The highest BCUT2D eigenvalue weighted by atomic mass is 16.5. The van der Waals surface area contributed by atoms with Crippen LogP contribution in [0.15, 0.2) is 42.5 Å². The van der Waals surface area contributed by atoms with Gasteiger partial charge in [-0.05, 0) is 26.0 Å². The number of hydrogen-bond donors (Lipinski definition) is 0. The second kappa shape index (κ2) is 5.95. The second-order valence-corrected chi connectivity index (χ2v) is 3.32. The molecule has 0 spiro atoms. The van der Waals surface area contributed by atoms with Gasteiger partial charge in [0.05, 0.1) is 12.2 Å². The first kappa shape index (κ1) is 12.3. The highest BCUT2D eigenvalue weighted by Crippen LogP contribution is 2.14. The van der Waals surface area contributed by atoms with Crippen LogP contribution in [-0.4, -0.2) is 18.7 Å². The highest BCUT2D eigenvalue weighted by Gasteiger charge is 2.16. The predicted molar refractivity (Wildman–Crippen MR) is 62.3 cm³/mol. The second-order valence-electron chi connectivity index (χ2n) is 3.32. The molecule has 1 aromatic carbocycles. The molecule has 0 radical (unpaired) electrons. The van der Waals surface area contributed by atoms with Gasteiger partial charge in [0.1, 0.15) is 11.9 Å². The van der Waals surface area contributed by atoms with Gasteiger partial charge in [0.2, 0.25) is 0 Å². The number of benzene rings is 1. The fourth-order valence-corrected chi connectivity index (χ4v) is 1.16. The summed E-state index contributed by atoms with van der Waals surface area (Å²) < 4.78 is 10.4. The first-order valence-corrected chi connectivity index (χ1v) is 5.22. The Bertz CT molecular complexity index is 357. The third-order valence-electron chi connectivity index (χ3n) is 2.08. The minimum atomic E-state index is -0.411. The molecule has 1 atom stereocenters. The molecule has 0 heterocycles. The van der Waals surface area contributed by atoms with Crippen molar-refractivity contribution in [3.8, 4) is 5.75 Å². The van der Waals surface area contributed by atoms with E-state index in [0.717, 1.165) is 0 Å². The zero-order valence-corrected chi connectivity index (χ0v) is 9.60. The molecule has 0 bridgehead atoms. The number of rotatable bonds is 5. The molecule has 1 aromatic rings. The van der Waals surface area contributed by atoms with E-state index in [0.29, 0.717) is 17.9 Å². The lowest BCUT2D eigenvalue weighted by atomic mass is 10.2. The Morgan fingerprint density at radius 3 is 2.56 bits per heavy atom. The van der Waals surface area contributed by atoms with Crippen LogP contribution >= 0.6 is 0 Å². The van der Waals surface area contributed by atoms with Crippen LogP contribution in [0.4, 0.5) is 0 Å². The maximum absolute atomic E-state index is 11.4. The largest absolute Gasteiger partial charge is 0.486 e. The molecule has 0 fully saturated rings. The van der Waals surface area contributed by atoms with Crippen LogP contribution in [0, 0.1) is 0 Å². The number of hydrogen-bond acceptors (Lipinski definition) is 3. The van der Waals surface area contributed by atoms with E-state index >= 15 is 0 Å². The van der Waals surface area contributed by atoms with E-state index in [9.17, 15) is 4.79 Å². The quantitative estimate of drug-likeness (QED) is 0.565. The number of para-hydroxylation sites is 1. The van der Waals surface area contributed by atoms with Gasteiger partial charge in [-0.3, -0.25) is 0 Å². The molecule has 3 nitrogen and oxygen atoms in total. The topological polar surface area (TPSA) is 35.5 Å². The Balaban J connectivity index is 2.55. The van der Waals surface area contributed by atoms with E-state index in [2.05, 4.69) is 6.58 Å². The maximum Gasteiger partial charge on any atom is 0.337 e. The fraction of sp³-hybridized carbons (Fsp3) is 0.308. The molecule has 3 heteroatoms. The predicted octanol–water partition coefficient (Wildman–Crippen LogP) is 2.57. The van der Waals surface area contributed by atoms with Crippen molar-refractivity contribution in [1.82, 2.24) is 0 Å². The molecule has 1 unspecified atom stereocenters. The molecule has 0 saturated heterocycles. The third-order valence-corrected chi connectivity index (χ3v) is 2.08. The van der Waals surface area contributed by atoms with E-state index in [1.54, 1.807) is 13.8 Å². The van der Waals surface area contributed by atoms with Crippen molar-refractivity contribution in [2.75, 3.05) is 6.61 Å². The average Bonchev–Trinajstić information content (AvgIpc) is 2.29. The molecule has 86 valence electrons. The zero-order chi connectivity index (χ0) is 12.0. The van der Waals surface area contributed by atoms with Crippen molar-refractivity contribution in [2.24, 2.45) is 0 Å². The molecule has 0 aliphatic rings. The SMILES string of the molecule is C=C(C(=O)OCC)C(C)Oc1ccccc1. The van der Waals surface area contributed by atoms with Crippen LogP contribution in [0.1, 0.15) is 13.8 Å². The van der Waals surface area contributed by atoms with Gasteiger partial charge in [0.25, 0.3) is 0 Å². The van der Waals surface area contributed by atoms with Crippen molar-refractivity contribution < 1.29 is 14.3 Å². The molecule has 0 N–H and O–H groups in total. The molecule has 1 rings (SSSR count). The maximum atomic E-state index is 11.4. The standard InChI is InChI=1S/C13H16O3/c1-4-15-13(14)10(2)11(3)16-12-8-6-5-7-9-12/h5-9,11H,2,4H2,1,3H3. The van der Waals surface area contributed by atoms with Crippen LogP contribution in [0.25, 0.3) is 0 Å². The van der Waals surface area contributed by atoms with Gasteiger partial charge in [-0.1, -0.05) is 24.8 Å². The molecule has 0 amide bonds. The Morgan fingerprint density at radius 2 is 2.00 bits per heavy atom. The van der Waals surface area contributed by atoms with E-state index < -0.39 is 5.97 Å². The number of carbonyl (C=O) groups excluding carboxylic acids is 1. The molecular weight excluding hydrogens is 204 g/mol. The summed E-state index contributed by atoms with van der Waals surface area (Å²) in [6.45, 7) is 7.54. The normalized spacial score (nSPS) is 11.6. The summed E-state index contributed by atoms with van der Waals surface area (Å²) >= 11 is 0. The van der Waals surface area contributed by atoms with Crippen LogP contribution in [0.2, 0.25) is 0 Å². The number of carbonyl (C=O) groups is 1. The Labute approximate surface area is 95.7 Å². The van der Waals surface area contributed by atoms with Gasteiger partial charge in [-0.25, -0.2) is 4.79 Å². The molecular formula is C13H16O3.